The number of hydrogen-bond donors (Lipinski definition) is 1. The zero-order chi connectivity index (χ0) is 23.4. The Kier molecular flexibility index (Phi) is 7.14. The van der Waals surface area contributed by atoms with Gasteiger partial charge in [0.15, 0.2) is 6.04 Å². The summed E-state index contributed by atoms with van der Waals surface area (Å²) in [5, 5.41) is 3.54. The molecule has 33 heavy (non-hydrogen) atoms. The molecule has 1 aliphatic carbocycles. The fraction of sp³-hybridized carbons (Fsp3) is 0.407. The van der Waals surface area contributed by atoms with Crippen molar-refractivity contribution in [3.63, 3.8) is 0 Å². The molecular weight excluding hydrogens is 418 g/mol. The molecule has 174 valence electrons. The van der Waals surface area contributed by atoms with Gasteiger partial charge in [0.05, 0.1) is 19.3 Å². The number of hydrogen-bond acceptors (Lipinski definition) is 5. The summed E-state index contributed by atoms with van der Waals surface area (Å²) in [6, 6.07) is 15.7. The Morgan fingerprint density at radius 3 is 2.61 bits per heavy atom. The smallest absolute Gasteiger partial charge is 0.330 e. The van der Waals surface area contributed by atoms with Crippen molar-refractivity contribution in [1.82, 2.24) is 5.32 Å². The van der Waals surface area contributed by atoms with Gasteiger partial charge in [-0.1, -0.05) is 49.7 Å². The quantitative estimate of drug-likeness (QED) is 0.344. The van der Waals surface area contributed by atoms with E-state index in [0.29, 0.717) is 35.3 Å². The van der Waals surface area contributed by atoms with Crippen molar-refractivity contribution >= 4 is 22.8 Å². The van der Waals surface area contributed by atoms with Gasteiger partial charge in [-0.25, -0.2) is 4.79 Å². The topological polar surface area (TPSA) is 77.8 Å². The Labute approximate surface area is 194 Å². The van der Waals surface area contributed by atoms with Crippen LogP contribution in [0.15, 0.2) is 52.9 Å². The number of carbonyl (C=O) groups is 2. The Morgan fingerprint density at radius 2 is 1.88 bits per heavy atom. The van der Waals surface area contributed by atoms with Crippen LogP contribution in [0.3, 0.4) is 0 Å². The number of aryl methyl sites for hydroxylation is 1. The van der Waals surface area contributed by atoms with Crippen LogP contribution in [-0.2, 0) is 14.3 Å². The minimum Gasteiger partial charge on any atom is -0.467 e. The Balaban J connectivity index is 1.54. The molecule has 0 unspecified atom stereocenters. The first kappa shape index (κ1) is 23.1. The van der Waals surface area contributed by atoms with Gasteiger partial charge in [0.2, 0.25) is 0 Å². The fourth-order valence-corrected chi connectivity index (χ4v) is 4.37. The van der Waals surface area contributed by atoms with Crippen LogP contribution < -0.4 is 5.32 Å². The SMILES string of the molecule is CCCCOC[C@H](NC(=O)c1c(C)oc2ccc([C@@H]3C[C@H]3c3ccccc3)cc12)C(=O)OC. The summed E-state index contributed by atoms with van der Waals surface area (Å²) in [5.74, 6) is 0.546. The van der Waals surface area contributed by atoms with Gasteiger partial charge in [-0.2, -0.15) is 0 Å². The molecule has 0 radical (unpaired) electrons. The van der Waals surface area contributed by atoms with Crippen LogP contribution in [0, 0.1) is 6.92 Å². The number of esters is 1. The molecule has 0 bridgehead atoms. The maximum absolute atomic E-state index is 13.2. The van der Waals surface area contributed by atoms with Crippen LogP contribution in [0.5, 0.6) is 0 Å². The predicted octanol–water partition coefficient (Wildman–Crippen LogP) is 5.10. The predicted molar refractivity (Wildman–Crippen MR) is 126 cm³/mol. The monoisotopic (exact) mass is 449 g/mol. The van der Waals surface area contributed by atoms with Crippen LogP contribution in [0.4, 0.5) is 0 Å². The van der Waals surface area contributed by atoms with E-state index in [4.69, 9.17) is 13.9 Å². The molecule has 1 fully saturated rings. The largest absolute Gasteiger partial charge is 0.467 e. The number of rotatable bonds is 10. The maximum Gasteiger partial charge on any atom is 0.330 e. The lowest BCUT2D eigenvalue weighted by atomic mass is 10.0. The molecule has 1 aromatic heterocycles. The second kappa shape index (κ2) is 10.2. The van der Waals surface area contributed by atoms with Gasteiger partial charge in [0, 0.05) is 12.0 Å². The molecule has 3 aromatic rings. The Hall–Kier alpha value is -3.12. The van der Waals surface area contributed by atoms with Crippen LogP contribution >= 0.6 is 0 Å². The fourth-order valence-electron chi connectivity index (χ4n) is 4.37. The minimum absolute atomic E-state index is 0.0688. The van der Waals surface area contributed by atoms with E-state index in [1.54, 1.807) is 6.92 Å². The number of benzene rings is 2. The van der Waals surface area contributed by atoms with E-state index in [1.807, 2.05) is 12.1 Å². The third-order valence-electron chi connectivity index (χ3n) is 6.28. The van der Waals surface area contributed by atoms with E-state index < -0.39 is 12.0 Å². The first-order valence-electron chi connectivity index (χ1n) is 11.6. The van der Waals surface area contributed by atoms with Gasteiger partial charge in [0.1, 0.15) is 11.3 Å². The second-order valence-corrected chi connectivity index (χ2v) is 8.63. The molecule has 0 aliphatic heterocycles. The minimum atomic E-state index is -0.877. The summed E-state index contributed by atoms with van der Waals surface area (Å²) in [6.45, 7) is 4.43. The third-order valence-corrected chi connectivity index (χ3v) is 6.28. The zero-order valence-corrected chi connectivity index (χ0v) is 19.4. The van der Waals surface area contributed by atoms with Crippen molar-refractivity contribution in [2.75, 3.05) is 20.3 Å². The lowest BCUT2D eigenvalue weighted by Crippen LogP contribution is -2.44. The number of methoxy groups -OCH3 is 1. The summed E-state index contributed by atoms with van der Waals surface area (Å²) >= 11 is 0. The van der Waals surface area contributed by atoms with E-state index in [-0.39, 0.29) is 12.5 Å². The van der Waals surface area contributed by atoms with Gasteiger partial charge >= 0.3 is 5.97 Å². The molecule has 6 heteroatoms. The molecule has 2 aromatic carbocycles. The van der Waals surface area contributed by atoms with Gasteiger partial charge < -0.3 is 19.2 Å². The lowest BCUT2D eigenvalue weighted by Gasteiger charge is -2.16. The van der Waals surface area contributed by atoms with Crippen molar-refractivity contribution in [1.29, 1.82) is 0 Å². The van der Waals surface area contributed by atoms with E-state index in [9.17, 15) is 9.59 Å². The van der Waals surface area contributed by atoms with Gasteiger partial charge in [-0.15, -0.1) is 0 Å². The van der Waals surface area contributed by atoms with Crippen LogP contribution in [0.25, 0.3) is 11.0 Å². The van der Waals surface area contributed by atoms with E-state index in [0.717, 1.165) is 24.6 Å². The van der Waals surface area contributed by atoms with E-state index in [1.165, 1.54) is 18.2 Å². The summed E-state index contributed by atoms with van der Waals surface area (Å²) in [7, 11) is 1.30. The summed E-state index contributed by atoms with van der Waals surface area (Å²) in [5.41, 5.74) is 3.64. The first-order chi connectivity index (χ1) is 16.0. The van der Waals surface area contributed by atoms with Gasteiger partial charge in [-0.05, 0) is 54.9 Å². The number of furan rings is 1. The van der Waals surface area contributed by atoms with Crippen molar-refractivity contribution in [2.45, 2.75) is 51.0 Å². The number of nitrogens with one attached hydrogen (secondary N) is 1. The summed E-state index contributed by atoms with van der Waals surface area (Å²) in [6.07, 6.45) is 2.97. The molecule has 0 saturated heterocycles. The maximum atomic E-state index is 13.2. The average Bonchev–Trinajstić information content (AvgIpc) is 3.56. The molecule has 1 N–H and O–H groups in total. The highest BCUT2D eigenvalue weighted by molar-refractivity contribution is 6.08. The highest BCUT2D eigenvalue weighted by atomic mass is 16.5. The van der Waals surface area contributed by atoms with Gasteiger partial charge in [0.25, 0.3) is 5.91 Å². The third kappa shape index (κ3) is 5.11. The normalized spacial score (nSPS) is 18.2. The van der Waals surface area contributed by atoms with Crippen molar-refractivity contribution in [3.8, 4) is 0 Å². The Bertz CT molecular complexity index is 1120. The molecular formula is C27H31NO5. The number of unbranched alkanes of at least 4 members (excludes halogenated alkanes) is 1. The van der Waals surface area contributed by atoms with Crippen LogP contribution in [0.1, 0.15) is 65.3 Å². The van der Waals surface area contributed by atoms with Gasteiger partial charge in [-0.3, -0.25) is 4.79 Å². The number of carbonyl (C=O) groups excluding carboxylic acids is 2. The second-order valence-electron chi connectivity index (χ2n) is 8.63. The molecule has 1 amide bonds. The van der Waals surface area contributed by atoms with E-state index in [2.05, 4.69) is 48.6 Å². The standard InChI is InChI=1S/C27H31NO5/c1-4-5-13-32-16-23(27(30)31-3)28-26(29)25-17(2)33-24-12-11-19(14-22(24)25)21-15-20(21)18-9-7-6-8-10-18/h6-12,14,20-21,23H,4-5,13,15-16H2,1-3H3,(H,28,29)/t20-,21-,23-/m0/s1. The number of ether oxygens (including phenoxy) is 2. The molecule has 4 rings (SSSR count). The first-order valence-corrected chi connectivity index (χ1v) is 11.6. The Morgan fingerprint density at radius 1 is 1.12 bits per heavy atom. The summed E-state index contributed by atoms with van der Waals surface area (Å²) in [4.78, 5) is 25.4. The summed E-state index contributed by atoms with van der Waals surface area (Å²) < 4.78 is 16.3. The van der Waals surface area contributed by atoms with Crippen molar-refractivity contribution in [2.24, 2.45) is 0 Å². The van der Waals surface area contributed by atoms with Crippen molar-refractivity contribution in [3.05, 3.63) is 71.0 Å². The highest BCUT2D eigenvalue weighted by Gasteiger charge is 2.39. The van der Waals surface area contributed by atoms with Crippen molar-refractivity contribution < 1.29 is 23.5 Å². The number of amides is 1. The lowest BCUT2D eigenvalue weighted by molar-refractivity contribution is -0.144. The number of fused-ring (bicyclic) bond motifs is 1. The molecule has 1 aliphatic rings. The van der Waals surface area contributed by atoms with Crippen LogP contribution in [-0.4, -0.2) is 38.2 Å². The molecule has 0 spiro atoms. The van der Waals surface area contributed by atoms with E-state index >= 15 is 0 Å². The highest BCUT2D eigenvalue weighted by Crippen LogP contribution is 2.55. The molecule has 6 nitrogen and oxygen atoms in total. The molecule has 3 atom stereocenters. The average molecular weight is 450 g/mol. The molecule has 1 heterocycles. The zero-order valence-electron chi connectivity index (χ0n) is 19.4. The van der Waals surface area contributed by atoms with Crippen LogP contribution in [0.2, 0.25) is 0 Å². The molecule has 1 saturated carbocycles.